The third-order valence-electron chi connectivity index (χ3n) is 4.38. The maximum atomic E-state index is 12.1. The Morgan fingerprint density at radius 2 is 2.08 bits per heavy atom. The van der Waals surface area contributed by atoms with E-state index in [0.717, 1.165) is 24.8 Å². The highest BCUT2D eigenvalue weighted by Gasteiger charge is 2.22. The van der Waals surface area contributed by atoms with Gasteiger partial charge in [-0.25, -0.2) is 4.79 Å². The first kappa shape index (κ1) is 17.0. The molecular weight excluding hydrogens is 320 g/mol. The Morgan fingerprint density at radius 1 is 1.28 bits per heavy atom. The molecule has 6 nitrogen and oxygen atoms in total. The van der Waals surface area contributed by atoms with Gasteiger partial charge in [0, 0.05) is 19.3 Å². The maximum absolute atomic E-state index is 12.1. The number of fused-ring (bicyclic) bond motifs is 1. The maximum Gasteiger partial charge on any atom is 0.338 e. The first-order valence-electron chi connectivity index (χ1n) is 8.25. The zero-order chi connectivity index (χ0) is 17.8. The van der Waals surface area contributed by atoms with E-state index < -0.39 is 5.97 Å². The number of carbonyl (C=O) groups excluding carboxylic acids is 2. The molecule has 2 aromatic rings. The Labute approximate surface area is 145 Å². The first-order valence-corrected chi connectivity index (χ1v) is 8.25. The van der Waals surface area contributed by atoms with Gasteiger partial charge in [-0.15, -0.1) is 0 Å². The number of hydrogen-bond donors (Lipinski definition) is 1. The standard InChI is InChI=1S/C19H20N2O4/c1-21-10-9-14(11-18(21)23)19(24)25-12-17(22)20-16-8-4-6-13-5-2-3-7-15(13)16/h2-3,5,7,9-11,16H,4,6,8,12H2,1H3,(H,20,22)/t16-/m1/s1. The number of esters is 1. The zero-order valence-electron chi connectivity index (χ0n) is 14.0. The molecule has 0 saturated heterocycles. The number of amides is 1. The van der Waals surface area contributed by atoms with Crippen LogP contribution in [-0.2, 0) is 23.0 Å². The van der Waals surface area contributed by atoms with Gasteiger partial charge in [0.15, 0.2) is 6.61 Å². The Morgan fingerprint density at radius 3 is 2.88 bits per heavy atom. The smallest absolute Gasteiger partial charge is 0.338 e. The SMILES string of the molecule is Cn1ccc(C(=O)OCC(=O)N[C@@H]2CCCc3ccccc32)cc1=O. The van der Waals surface area contributed by atoms with E-state index in [1.54, 1.807) is 7.05 Å². The summed E-state index contributed by atoms with van der Waals surface area (Å²) in [6.45, 7) is -0.368. The van der Waals surface area contributed by atoms with Gasteiger partial charge >= 0.3 is 5.97 Å². The van der Waals surface area contributed by atoms with Crippen molar-refractivity contribution >= 4 is 11.9 Å². The normalized spacial score (nSPS) is 16.0. The van der Waals surface area contributed by atoms with E-state index in [1.165, 1.54) is 28.5 Å². The van der Waals surface area contributed by atoms with Crippen LogP contribution in [0.25, 0.3) is 0 Å². The van der Waals surface area contributed by atoms with E-state index in [9.17, 15) is 14.4 Å². The van der Waals surface area contributed by atoms with Crippen LogP contribution in [0, 0.1) is 0 Å². The van der Waals surface area contributed by atoms with Gasteiger partial charge in [0.05, 0.1) is 11.6 Å². The lowest BCUT2D eigenvalue weighted by Crippen LogP contribution is -2.34. The summed E-state index contributed by atoms with van der Waals surface area (Å²) in [4.78, 5) is 35.6. The summed E-state index contributed by atoms with van der Waals surface area (Å²) in [5.41, 5.74) is 2.20. The van der Waals surface area contributed by atoms with Crippen molar-refractivity contribution in [3.05, 3.63) is 69.6 Å². The molecule has 1 aromatic carbocycles. The van der Waals surface area contributed by atoms with Crippen molar-refractivity contribution in [2.24, 2.45) is 7.05 Å². The Hall–Kier alpha value is -2.89. The molecule has 0 unspecified atom stereocenters. The van der Waals surface area contributed by atoms with Crippen LogP contribution in [0.2, 0.25) is 0 Å². The van der Waals surface area contributed by atoms with Crippen LogP contribution in [-0.4, -0.2) is 23.1 Å². The van der Waals surface area contributed by atoms with Crippen molar-refractivity contribution in [3.8, 4) is 0 Å². The van der Waals surface area contributed by atoms with Gasteiger partial charge in [-0.3, -0.25) is 9.59 Å². The predicted octanol–water partition coefficient (Wildman–Crippen LogP) is 1.74. The molecule has 25 heavy (non-hydrogen) atoms. The van der Waals surface area contributed by atoms with E-state index in [-0.39, 0.29) is 29.7 Å². The largest absolute Gasteiger partial charge is 0.452 e. The first-order chi connectivity index (χ1) is 12.0. The number of carbonyl (C=O) groups is 2. The lowest BCUT2D eigenvalue weighted by Gasteiger charge is -2.26. The summed E-state index contributed by atoms with van der Waals surface area (Å²) < 4.78 is 6.37. The van der Waals surface area contributed by atoms with Gasteiger partial charge in [-0.1, -0.05) is 24.3 Å². The van der Waals surface area contributed by atoms with Crippen molar-refractivity contribution in [2.75, 3.05) is 6.61 Å². The van der Waals surface area contributed by atoms with Crippen LogP contribution < -0.4 is 10.9 Å². The van der Waals surface area contributed by atoms with Crippen LogP contribution in [0.15, 0.2) is 47.4 Å². The molecule has 1 aromatic heterocycles. The number of ether oxygens (including phenoxy) is 1. The fourth-order valence-corrected chi connectivity index (χ4v) is 3.03. The highest BCUT2D eigenvalue weighted by atomic mass is 16.5. The molecule has 0 bridgehead atoms. The molecular formula is C19H20N2O4. The lowest BCUT2D eigenvalue weighted by molar-refractivity contribution is -0.125. The molecule has 6 heteroatoms. The Kier molecular flexibility index (Phi) is 4.97. The predicted molar refractivity (Wildman–Crippen MR) is 92.2 cm³/mol. The monoisotopic (exact) mass is 340 g/mol. The number of aromatic nitrogens is 1. The minimum Gasteiger partial charge on any atom is -0.452 e. The summed E-state index contributed by atoms with van der Waals surface area (Å²) in [7, 11) is 1.59. The van der Waals surface area contributed by atoms with Crippen LogP contribution in [0.4, 0.5) is 0 Å². The molecule has 130 valence electrons. The third kappa shape index (κ3) is 3.96. The van der Waals surface area contributed by atoms with Crippen molar-refractivity contribution in [1.29, 1.82) is 0 Å². The van der Waals surface area contributed by atoms with Gasteiger partial charge in [-0.2, -0.15) is 0 Å². The number of pyridine rings is 1. The average Bonchev–Trinajstić information content (AvgIpc) is 2.62. The molecule has 0 aliphatic heterocycles. The second-order valence-electron chi connectivity index (χ2n) is 6.15. The molecule has 0 saturated carbocycles. The highest BCUT2D eigenvalue weighted by molar-refractivity contribution is 5.91. The Balaban J connectivity index is 1.57. The van der Waals surface area contributed by atoms with E-state index in [1.807, 2.05) is 18.2 Å². The fourth-order valence-electron chi connectivity index (χ4n) is 3.03. The third-order valence-corrected chi connectivity index (χ3v) is 4.38. The molecule has 1 aliphatic carbocycles. The second-order valence-corrected chi connectivity index (χ2v) is 6.15. The van der Waals surface area contributed by atoms with Gasteiger partial charge < -0.3 is 14.6 Å². The van der Waals surface area contributed by atoms with Crippen LogP contribution in [0.1, 0.15) is 40.4 Å². The number of aryl methyl sites for hydroxylation is 2. The summed E-state index contributed by atoms with van der Waals surface area (Å²) in [6, 6.07) is 10.7. The van der Waals surface area contributed by atoms with E-state index in [2.05, 4.69) is 11.4 Å². The van der Waals surface area contributed by atoms with E-state index in [4.69, 9.17) is 4.74 Å². The van der Waals surface area contributed by atoms with Gasteiger partial charge in [-0.05, 0) is 36.5 Å². The lowest BCUT2D eigenvalue weighted by atomic mass is 9.88. The molecule has 3 rings (SSSR count). The Bertz CT molecular complexity index is 856. The molecule has 1 aliphatic rings. The number of nitrogens with one attached hydrogen (secondary N) is 1. The minimum atomic E-state index is -0.683. The number of rotatable bonds is 4. The van der Waals surface area contributed by atoms with Crippen molar-refractivity contribution < 1.29 is 14.3 Å². The molecule has 0 spiro atoms. The summed E-state index contributed by atoms with van der Waals surface area (Å²) in [6.07, 6.45) is 4.37. The zero-order valence-corrected chi connectivity index (χ0v) is 14.0. The summed E-state index contributed by atoms with van der Waals surface area (Å²) in [5, 5.41) is 2.92. The van der Waals surface area contributed by atoms with Crippen molar-refractivity contribution in [3.63, 3.8) is 0 Å². The van der Waals surface area contributed by atoms with Crippen LogP contribution >= 0.6 is 0 Å². The summed E-state index contributed by atoms with van der Waals surface area (Å²) >= 11 is 0. The van der Waals surface area contributed by atoms with Crippen LogP contribution in [0.5, 0.6) is 0 Å². The second kappa shape index (κ2) is 7.34. The topological polar surface area (TPSA) is 77.4 Å². The minimum absolute atomic E-state index is 0.0554. The molecule has 1 atom stereocenters. The number of nitrogens with zero attached hydrogens (tertiary/aromatic N) is 1. The van der Waals surface area contributed by atoms with Crippen molar-refractivity contribution in [2.45, 2.75) is 25.3 Å². The molecule has 0 radical (unpaired) electrons. The fraction of sp³-hybridized carbons (Fsp3) is 0.316. The van der Waals surface area contributed by atoms with Gasteiger partial charge in [0.2, 0.25) is 0 Å². The quantitative estimate of drug-likeness (QED) is 0.860. The number of benzene rings is 1. The molecule has 0 fully saturated rings. The van der Waals surface area contributed by atoms with E-state index in [0.29, 0.717) is 0 Å². The molecule has 1 N–H and O–H groups in total. The van der Waals surface area contributed by atoms with Crippen LogP contribution in [0.3, 0.4) is 0 Å². The summed E-state index contributed by atoms with van der Waals surface area (Å²) in [5.74, 6) is -1.03. The molecule has 1 amide bonds. The van der Waals surface area contributed by atoms with Gasteiger partial charge in [0.1, 0.15) is 0 Å². The van der Waals surface area contributed by atoms with Gasteiger partial charge in [0.25, 0.3) is 11.5 Å². The average molecular weight is 340 g/mol. The highest BCUT2D eigenvalue weighted by Crippen LogP contribution is 2.29. The van der Waals surface area contributed by atoms with E-state index >= 15 is 0 Å². The van der Waals surface area contributed by atoms with Crippen molar-refractivity contribution in [1.82, 2.24) is 9.88 Å². The molecule has 1 heterocycles. The number of hydrogen-bond acceptors (Lipinski definition) is 4.